The predicted octanol–water partition coefficient (Wildman–Crippen LogP) is 0.990. The van der Waals surface area contributed by atoms with Gasteiger partial charge >= 0.3 is 0 Å². The van der Waals surface area contributed by atoms with Gasteiger partial charge in [-0.3, -0.25) is 9.20 Å². The van der Waals surface area contributed by atoms with Crippen LogP contribution in [0.1, 0.15) is 39.5 Å². The summed E-state index contributed by atoms with van der Waals surface area (Å²) in [5.74, 6) is 1.28. The van der Waals surface area contributed by atoms with Gasteiger partial charge in [0.15, 0.2) is 5.96 Å². The van der Waals surface area contributed by atoms with Crippen LogP contribution in [0.2, 0.25) is 0 Å². The number of hydrogen-bond donors (Lipinski definition) is 2. The second-order valence-corrected chi connectivity index (χ2v) is 6.16. The van der Waals surface area contributed by atoms with E-state index in [1.807, 2.05) is 13.8 Å². The number of nitrogens with zero attached hydrogens (tertiary/aromatic N) is 1. The third-order valence-corrected chi connectivity index (χ3v) is 4.70. The third-order valence-electron chi connectivity index (χ3n) is 2.96. The fraction of sp³-hybridized carbons (Fsp3) is 0.909. The molecule has 3 N–H and O–H groups in total. The van der Waals surface area contributed by atoms with Crippen LogP contribution in [-0.4, -0.2) is 33.8 Å². The van der Waals surface area contributed by atoms with Crippen molar-refractivity contribution in [3.63, 3.8) is 0 Å². The summed E-state index contributed by atoms with van der Waals surface area (Å²) in [4.78, 5) is 4.12. The highest BCUT2D eigenvalue weighted by atomic mass is 32.2. The van der Waals surface area contributed by atoms with Gasteiger partial charge in [-0.2, -0.15) is 0 Å². The second-order valence-electron chi connectivity index (χ2n) is 4.16. The van der Waals surface area contributed by atoms with E-state index in [1.54, 1.807) is 0 Å². The summed E-state index contributed by atoms with van der Waals surface area (Å²) in [5.41, 5.74) is 5.73. The fourth-order valence-corrected chi connectivity index (χ4v) is 3.52. The minimum atomic E-state index is -0.673. The van der Waals surface area contributed by atoms with E-state index in [0.29, 0.717) is 23.8 Å². The molecule has 0 aromatic heterocycles. The molecular weight excluding hydrogens is 222 g/mol. The first kappa shape index (κ1) is 13.5. The molecule has 1 saturated carbocycles. The first-order valence-corrected chi connectivity index (χ1v) is 7.49. The minimum absolute atomic E-state index is 0.339. The van der Waals surface area contributed by atoms with Crippen molar-refractivity contribution >= 4 is 16.8 Å². The predicted molar refractivity (Wildman–Crippen MR) is 70.0 cm³/mol. The molecule has 0 bridgehead atoms. The zero-order chi connectivity index (χ0) is 12.0. The number of guanidine groups is 1. The van der Waals surface area contributed by atoms with E-state index < -0.39 is 10.8 Å². The molecule has 0 heterocycles. The SMILES string of the molecule is CCN=C(N)NC1CCCC(S(=O)CC)C1. The van der Waals surface area contributed by atoms with Gasteiger partial charge in [0, 0.05) is 34.4 Å². The van der Waals surface area contributed by atoms with Crippen LogP contribution in [0.15, 0.2) is 4.99 Å². The maximum Gasteiger partial charge on any atom is 0.188 e. The van der Waals surface area contributed by atoms with Crippen molar-refractivity contribution in [1.29, 1.82) is 0 Å². The second kappa shape index (κ2) is 6.89. The zero-order valence-electron chi connectivity index (χ0n) is 10.2. The van der Waals surface area contributed by atoms with Crippen molar-refractivity contribution in [1.82, 2.24) is 5.32 Å². The normalized spacial score (nSPS) is 28.8. The topological polar surface area (TPSA) is 67.5 Å². The highest BCUT2D eigenvalue weighted by Crippen LogP contribution is 2.22. The van der Waals surface area contributed by atoms with Gasteiger partial charge in [-0.05, 0) is 26.2 Å². The molecule has 0 saturated heterocycles. The molecular formula is C11H23N3OS. The average molecular weight is 245 g/mol. The molecule has 4 nitrogen and oxygen atoms in total. The monoisotopic (exact) mass is 245 g/mol. The van der Waals surface area contributed by atoms with Crippen molar-refractivity contribution < 1.29 is 4.21 Å². The summed E-state index contributed by atoms with van der Waals surface area (Å²) < 4.78 is 11.7. The molecule has 5 heteroatoms. The Balaban J connectivity index is 2.44. The van der Waals surface area contributed by atoms with E-state index in [0.717, 1.165) is 31.4 Å². The molecule has 0 amide bonds. The summed E-state index contributed by atoms with van der Waals surface area (Å²) in [7, 11) is -0.673. The summed E-state index contributed by atoms with van der Waals surface area (Å²) in [5, 5.41) is 3.56. The van der Waals surface area contributed by atoms with E-state index in [2.05, 4.69) is 10.3 Å². The largest absolute Gasteiger partial charge is 0.370 e. The Morgan fingerprint density at radius 3 is 2.88 bits per heavy atom. The summed E-state index contributed by atoms with van der Waals surface area (Å²) in [6, 6.07) is 0.351. The summed E-state index contributed by atoms with van der Waals surface area (Å²) in [6.45, 7) is 4.65. The van der Waals surface area contributed by atoms with E-state index >= 15 is 0 Å². The van der Waals surface area contributed by atoms with Gasteiger partial charge in [0.2, 0.25) is 0 Å². The molecule has 3 atom stereocenters. The number of rotatable bonds is 4. The van der Waals surface area contributed by atoms with Gasteiger partial charge in [0.25, 0.3) is 0 Å². The smallest absolute Gasteiger partial charge is 0.188 e. The molecule has 0 aromatic rings. The van der Waals surface area contributed by atoms with E-state index in [9.17, 15) is 4.21 Å². The van der Waals surface area contributed by atoms with Crippen molar-refractivity contribution in [2.24, 2.45) is 10.7 Å². The molecule has 0 spiro atoms. The van der Waals surface area contributed by atoms with Crippen molar-refractivity contribution in [2.75, 3.05) is 12.3 Å². The van der Waals surface area contributed by atoms with Crippen LogP contribution in [-0.2, 0) is 10.8 Å². The van der Waals surface area contributed by atoms with Crippen LogP contribution in [0.25, 0.3) is 0 Å². The lowest BCUT2D eigenvalue weighted by atomic mass is 9.95. The maximum absolute atomic E-state index is 11.7. The van der Waals surface area contributed by atoms with Crippen LogP contribution in [0.3, 0.4) is 0 Å². The van der Waals surface area contributed by atoms with Gasteiger partial charge in [0.1, 0.15) is 0 Å². The highest BCUT2D eigenvalue weighted by Gasteiger charge is 2.25. The molecule has 0 aromatic carbocycles. The molecule has 1 fully saturated rings. The highest BCUT2D eigenvalue weighted by molar-refractivity contribution is 7.85. The van der Waals surface area contributed by atoms with Crippen LogP contribution in [0, 0.1) is 0 Å². The number of nitrogens with one attached hydrogen (secondary N) is 1. The molecule has 94 valence electrons. The van der Waals surface area contributed by atoms with E-state index in [4.69, 9.17) is 5.73 Å². The van der Waals surface area contributed by atoms with Crippen molar-refractivity contribution in [2.45, 2.75) is 50.8 Å². The standard InChI is InChI=1S/C11H23N3OS/c1-3-13-11(12)14-9-6-5-7-10(8-9)16(15)4-2/h9-10H,3-8H2,1-2H3,(H3,12,13,14). The van der Waals surface area contributed by atoms with Gasteiger partial charge in [-0.25, -0.2) is 0 Å². The van der Waals surface area contributed by atoms with E-state index in [1.165, 1.54) is 0 Å². The summed E-state index contributed by atoms with van der Waals surface area (Å²) >= 11 is 0. The molecule has 1 aliphatic carbocycles. The summed E-state index contributed by atoms with van der Waals surface area (Å²) in [6.07, 6.45) is 4.29. The maximum atomic E-state index is 11.7. The minimum Gasteiger partial charge on any atom is -0.370 e. The lowest BCUT2D eigenvalue weighted by Crippen LogP contribution is -2.44. The fourth-order valence-electron chi connectivity index (χ4n) is 2.18. The Morgan fingerprint density at radius 2 is 2.25 bits per heavy atom. The van der Waals surface area contributed by atoms with E-state index in [-0.39, 0.29) is 0 Å². The molecule has 1 rings (SSSR count). The van der Waals surface area contributed by atoms with Crippen LogP contribution in [0.4, 0.5) is 0 Å². The lowest BCUT2D eigenvalue weighted by Gasteiger charge is -2.29. The van der Waals surface area contributed by atoms with Crippen molar-refractivity contribution in [3.8, 4) is 0 Å². The number of aliphatic imine (C=N–C) groups is 1. The quantitative estimate of drug-likeness (QED) is 0.573. The third kappa shape index (κ3) is 4.12. The Labute approximate surface area is 101 Å². The Bertz CT molecular complexity index is 268. The Hall–Kier alpha value is -0.580. The zero-order valence-corrected chi connectivity index (χ0v) is 11.1. The first-order chi connectivity index (χ1) is 7.67. The molecule has 1 aliphatic rings. The lowest BCUT2D eigenvalue weighted by molar-refractivity contribution is 0.416. The Kier molecular flexibility index (Phi) is 5.80. The van der Waals surface area contributed by atoms with Crippen LogP contribution in [0.5, 0.6) is 0 Å². The van der Waals surface area contributed by atoms with Gasteiger partial charge in [-0.15, -0.1) is 0 Å². The number of nitrogens with two attached hydrogens (primary N) is 1. The van der Waals surface area contributed by atoms with Crippen LogP contribution < -0.4 is 11.1 Å². The molecule has 0 radical (unpaired) electrons. The van der Waals surface area contributed by atoms with Crippen molar-refractivity contribution in [3.05, 3.63) is 0 Å². The molecule has 3 unspecified atom stereocenters. The molecule has 16 heavy (non-hydrogen) atoms. The average Bonchev–Trinajstić information content (AvgIpc) is 2.28. The Morgan fingerprint density at radius 1 is 1.50 bits per heavy atom. The number of hydrogen-bond acceptors (Lipinski definition) is 2. The van der Waals surface area contributed by atoms with Crippen LogP contribution >= 0.6 is 0 Å². The van der Waals surface area contributed by atoms with Gasteiger partial charge < -0.3 is 11.1 Å². The van der Waals surface area contributed by atoms with Gasteiger partial charge in [0.05, 0.1) is 0 Å². The first-order valence-electron chi connectivity index (χ1n) is 6.11. The molecule has 0 aliphatic heterocycles. The van der Waals surface area contributed by atoms with Gasteiger partial charge in [-0.1, -0.05) is 13.3 Å².